The Morgan fingerprint density at radius 2 is 1.78 bits per heavy atom. The Hall–Kier alpha value is -1.35. The van der Waals surface area contributed by atoms with Crippen molar-refractivity contribution in [2.45, 2.75) is 45.7 Å². The first kappa shape index (κ1) is 13.1. The minimum Gasteiger partial charge on any atom is -0.309 e. The van der Waals surface area contributed by atoms with Gasteiger partial charge in [0.2, 0.25) is 5.91 Å². The van der Waals surface area contributed by atoms with Crippen LogP contribution in [0.1, 0.15) is 33.3 Å². The molecule has 1 N–H and O–H groups in total. The quantitative estimate of drug-likeness (QED) is 0.825. The second-order valence-corrected chi connectivity index (χ2v) is 6.31. The first-order chi connectivity index (χ1) is 8.23. The molecule has 1 saturated heterocycles. The van der Waals surface area contributed by atoms with Crippen molar-refractivity contribution in [3.05, 3.63) is 29.8 Å². The predicted octanol–water partition coefficient (Wildman–Crippen LogP) is 2.49. The van der Waals surface area contributed by atoms with E-state index in [9.17, 15) is 4.79 Å². The maximum absolute atomic E-state index is 12.6. The van der Waals surface area contributed by atoms with Gasteiger partial charge < -0.3 is 4.90 Å². The van der Waals surface area contributed by atoms with E-state index in [2.05, 4.69) is 19.2 Å². The molecule has 0 bridgehead atoms. The van der Waals surface area contributed by atoms with Crippen molar-refractivity contribution in [3.63, 3.8) is 0 Å². The van der Waals surface area contributed by atoms with Gasteiger partial charge in [-0.05, 0) is 46.2 Å². The van der Waals surface area contributed by atoms with Crippen molar-refractivity contribution in [2.24, 2.45) is 0 Å². The van der Waals surface area contributed by atoms with Gasteiger partial charge >= 0.3 is 0 Å². The smallest absolute Gasteiger partial charge is 0.246 e. The molecule has 3 nitrogen and oxygen atoms in total. The molecule has 3 heteroatoms. The van der Waals surface area contributed by atoms with Gasteiger partial charge in [0.05, 0.1) is 5.54 Å². The molecule has 0 spiro atoms. The van der Waals surface area contributed by atoms with Crippen LogP contribution in [0.4, 0.5) is 5.69 Å². The van der Waals surface area contributed by atoms with E-state index < -0.39 is 5.54 Å². The Balaban J connectivity index is 2.44. The molecule has 1 aliphatic heterocycles. The lowest BCUT2D eigenvalue weighted by Gasteiger charge is -2.47. The van der Waals surface area contributed by atoms with Crippen molar-refractivity contribution in [1.82, 2.24) is 5.32 Å². The summed E-state index contributed by atoms with van der Waals surface area (Å²) in [5, 5.41) is 3.41. The molecule has 98 valence electrons. The first-order valence-electron chi connectivity index (χ1n) is 6.40. The van der Waals surface area contributed by atoms with E-state index in [0.29, 0.717) is 6.54 Å². The van der Waals surface area contributed by atoms with Gasteiger partial charge in [-0.25, -0.2) is 0 Å². The molecule has 1 aromatic carbocycles. The summed E-state index contributed by atoms with van der Waals surface area (Å²) in [5.74, 6) is 0.135. The largest absolute Gasteiger partial charge is 0.309 e. The van der Waals surface area contributed by atoms with Crippen LogP contribution in [0.2, 0.25) is 0 Å². The van der Waals surface area contributed by atoms with Gasteiger partial charge in [0.15, 0.2) is 0 Å². The lowest BCUT2D eigenvalue weighted by atomic mass is 9.90. The van der Waals surface area contributed by atoms with Crippen LogP contribution in [-0.2, 0) is 4.79 Å². The van der Waals surface area contributed by atoms with Gasteiger partial charge in [-0.1, -0.05) is 18.2 Å². The number of amides is 1. The molecule has 18 heavy (non-hydrogen) atoms. The van der Waals surface area contributed by atoms with Crippen LogP contribution >= 0.6 is 0 Å². The summed E-state index contributed by atoms with van der Waals surface area (Å²) in [6.45, 7) is 10.9. The number of para-hydroxylation sites is 1. The molecule has 0 saturated carbocycles. The Morgan fingerprint density at radius 1 is 1.17 bits per heavy atom. The predicted molar refractivity (Wildman–Crippen MR) is 74.8 cm³/mol. The summed E-state index contributed by atoms with van der Waals surface area (Å²) in [5.41, 5.74) is 1.55. The third-order valence-corrected chi connectivity index (χ3v) is 3.39. The molecule has 0 radical (unpaired) electrons. The third-order valence-electron chi connectivity index (χ3n) is 3.39. The van der Waals surface area contributed by atoms with Crippen LogP contribution in [0.3, 0.4) is 0 Å². The molecular weight excluding hydrogens is 224 g/mol. The summed E-state index contributed by atoms with van der Waals surface area (Å²) in [7, 11) is 0. The number of hydrogen-bond acceptors (Lipinski definition) is 2. The van der Waals surface area contributed by atoms with E-state index in [1.54, 1.807) is 0 Å². The fraction of sp³-hybridized carbons (Fsp3) is 0.533. The highest BCUT2D eigenvalue weighted by atomic mass is 16.2. The average Bonchev–Trinajstić information content (AvgIpc) is 2.23. The highest BCUT2D eigenvalue weighted by molar-refractivity contribution is 6.01. The second kappa shape index (κ2) is 4.09. The number of anilines is 1. The number of carbonyl (C=O) groups excluding carboxylic acids is 1. The molecule has 2 rings (SSSR count). The molecule has 0 aromatic heterocycles. The highest BCUT2D eigenvalue weighted by Crippen LogP contribution is 2.29. The number of piperazine rings is 1. The van der Waals surface area contributed by atoms with Gasteiger partial charge in [-0.2, -0.15) is 0 Å². The molecule has 0 unspecified atom stereocenters. The number of hydrogen-bond donors (Lipinski definition) is 1. The number of carbonyl (C=O) groups is 1. The lowest BCUT2D eigenvalue weighted by molar-refractivity contribution is -0.126. The van der Waals surface area contributed by atoms with E-state index in [1.807, 2.05) is 49.9 Å². The summed E-state index contributed by atoms with van der Waals surface area (Å²) in [4.78, 5) is 14.5. The average molecular weight is 246 g/mol. The maximum atomic E-state index is 12.6. The third kappa shape index (κ3) is 2.27. The summed E-state index contributed by atoms with van der Waals surface area (Å²) in [6, 6.07) is 8.05. The van der Waals surface area contributed by atoms with Crippen molar-refractivity contribution < 1.29 is 4.79 Å². The Morgan fingerprint density at radius 3 is 2.39 bits per heavy atom. The second-order valence-electron chi connectivity index (χ2n) is 6.31. The normalized spacial score (nSPS) is 22.1. The Bertz CT molecular complexity index is 477. The monoisotopic (exact) mass is 246 g/mol. The van der Waals surface area contributed by atoms with Crippen molar-refractivity contribution >= 4 is 11.6 Å². The first-order valence-corrected chi connectivity index (χ1v) is 6.40. The number of rotatable bonds is 1. The van der Waals surface area contributed by atoms with Crippen molar-refractivity contribution in [1.29, 1.82) is 0 Å². The zero-order valence-electron chi connectivity index (χ0n) is 11.9. The van der Waals surface area contributed by atoms with Crippen LogP contribution in [-0.4, -0.2) is 23.5 Å². The van der Waals surface area contributed by atoms with Crippen molar-refractivity contribution in [3.8, 4) is 0 Å². The van der Waals surface area contributed by atoms with Crippen LogP contribution in [0.5, 0.6) is 0 Å². The van der Waals surface area contributed by atoms with E-state index >= 15 is 0 Å². The van der Waals surface area contributed by atoms with E-state index in [0.717, 1.165) is 11.3 Å². The van der Waals surface area contributed by atoms with Gasteiger partial charge in [-0.15, -0.1) is 0 Å². The van der Waals surface area contributed by atoms with Crippen LogP contribution in [0.15, 0.2) is 24.3 Å². The maximum Gasteiger partial charge on any atom is 0.246 e. The number of aryl methyl sites for hydroxylation is 1. The minimum absolute atomic E-state index is 0.0836. The molecule has 1 amide bonds. The van der Waals surface area contributed by atoms with Gasteiger partial charge in [0.25, 0.3) is 0 Å². The molecule has 1 aromatic rings. The molecule has 1 aliphatic rings. The van der Waals surface area contributed by atoms with Gasteiger partial charge in [0, 0.05) is 17.8 Å². The Kier molecular flexibility index (Phi) is 2.98. The fourth-order valence-electron chi connectivity index (χ4n) is 2.80. The van der Waals surface area contributed by atoms with Gasteiger partial charge in [-0.3, -0.25) is 10.1 Å². The van der Waals surface area contributed by atoms with E-state index in [1.165, 1.54) is 0 Å². The van der Waals surface area contributed by atoms with Crippen LogP contribution in [0, 0.1) is 6.92 Å². The molecule has 0 atom stereocenters. The molecule has 1 heterocycles. The molecular formula is C15H22N2O. The standard InChI is InChI=1S/C15H22N2O/c1-11-8-6-7-9-12(11)17-10-14(2,3)16-15(4,5)13(17)18/h6-9,16H,10H2,1-5H3. The number of benzene rings is 1. The van der Waals surface area contributed by atoms with Crippen LogP contribution < -0.4 is 10.2 Å². The van der Waals surface area contributed by atoms with Crippen molar-refractivity contribution in [2.75, 3.05) is 11.4 Å². The SMILES string of the molecule is Cc1ccccc1N1CC(C)(C)NC(C)(C)C1=O. The molecule has 1 fully saturated rings. The van der Waals surface area contributed by atoms with E-state index in [4.69, 9.17) is 0 Å². The fourth-order valence-corrected chi connectivity index (χ4v) is 2.80. The van der Waals surface area contributed by atoms with Crippen LogP contribution in [0.25, 0.3) is 0 Å². The number of nitrogens with zero attached hydrogens (tertiary/aromatic N) is 1. The summed E-state index contributed by atoms with van der Waals surface area (Å²) >= 11 is 0. The zero-order valence-corrected chi connectivity index (χ0v) is 11.9. The Labute approximate surface area is 109 Å². The summed E-state index contributed by atoms with van der Waals surface area (Å²) < 4.78 is 0. The minimum atomic E-state index is -0.524. The van der Waals surface area contributed by atoms with E-state index in [-0.39, 0.29) is 11.4 Å². The molecule has 0 aliphatic carbocycles. The summed E-state index contributed by atoms with van der Waals surface area (Å²) in [6.07, 6.45) is 0. The lowest BCUT2D eigenvalue weighted by Crippen LogP contribution is -2.70. The number of nitrogens with one attached hydrogen (secondary N) is 1. The topological polar surface area (TPSA) is 32.3 Å². The highest BCUT2D eigenvalue weighted by Gasteiger charge is 2.43. The zero-order chi connectivity index (χ0) is 13.6. The van der Waals surface area contributed by atoms with Gasteiger partial charge in [0.1, 0.15) is 0 Å².